The Hall–Kier alpha value is -2.13. The lowest BCUT2D eigenvalue weighted by atomic mass is 10.1. The highest BCUT2D eigenvalue weighted by Crippen LogP contribution is 2.29. The molecule has 1 aromatic rings. The summed E-state index contributed by atoms with van der Waals surface area (Å²) in [6.07, 6.45) is 3.11. The molecule has 25 heavy (non-hydrogen) atoms. The molecule has 1 aromatic carbocycles. The van der Waals surface area contributed by atoms with Crippen molar-refractivity contribution in [2.24, 2.45) is 5.14 Å². The second kappa shape index (κ2) is 7.01. The van der Waals surface area contributed by atoms with E-state index in [9.17, 15) is 18.0 Å². The Kier molecular flexibility index (Phi) is 4.96. The van der Waals surface area contributed by atoms with Crippen LogP contribution in [0.25, 0.3) is 0 Å². The van der Waals surface area contributed by atoms with Gasteiger partial charge in [0.2, 0.25) is 21.8 Å². The van der Waals surface area contributed by atoms with Gasteiger partial charge in [0, 0.05) is 18.8 Å². The summed E-state index contributed by atoms with van der Waals surface area (Å²) in [5.74, 6) is -0.351. The van der Waals surface area contributed by atoms with Gasteiger partial charge in [0.05, 0.1) is 11.4 Å². The number of anilines is 1. The maximum absolute atomic E-state index is 12.3. The zero-order chi connectivity index (χ0) is 18.0. The Labute approximate surface area is 146 Å². The number of amides is 2. The van der Waals surface area contributed by atoms with Gasteiger partial charge in [-0.05, 0) is 49.4 Å². The number of fused-ring (bicyclic) bond motifs is 1. The fourth-order valence-electron chi connectivity index (χ4n) is 3.28. The molecule has 1 fully saturated rings. The van der Waals surface area contributed by atoms with Gasteiger partial charge >= 0.3 is 0 Å². The Morgan fingerprint density at radius 2 is 2.16 bits per heavy atom. The van der Waals surface area contributed by atoms with E-state index in [-0.39, 0.29) is 23.3 Å². The molecule has 9 heteroatoms. The summed E-state index contributed by atoms with van der Waals surface area (Å²) in [6.45, 7) is 1.40. The summed E-state index contributed by atoms with van der Waals surface area (Å²) in [6, 6.07) is 4.19. The van der Waals surface area contributed by atoms with Crippen molar-refractivity contribution in [1.29, 1.82) is 0 Å². The number of nitrogens with one attached hydrogen (secondary N) is 2. The molecule has 0 aliphatic carbocycles. The van der Waals surface area contributed by atoms with Gasteiger partial charge in [0.25, 0.3) is 0 Å². The van der Waals surface area contributed by atoms with Crippen molar-refractivity contribution in [2.75, 3.05) is 24.5 Å². The first kappa shape index (κ1) is 17.7. The maximum Gasteiger partial charge on any atom is 0.242 e. The van der Waals surface area contributed by atoms with Gasteiger partial charge < -0.3 is 15.5 Å². The number of hydrogen-bond acceptors (Lipinski definition) is 5. The summed E-state index contributed by atoms with van der Waals surface area (Å²) in [4.78, 5) is 26.2. The van der Waals surface area contributed by atoms with Crippen LogP contribution in [0.15, 0.2) is 23.1 Å². The molecule has 0 saturated carbocycles. The van der Waals surface area contributed by atoms with Crippen LogP contribution in [-0.2, 0) is 26.0 Å². The van der Waals surface area contributed by atoms with Crippen molar-refractivity contribution < 1.29 is 18.0 Å². The number of carbonyl (C=O) groups excluding carboxylic acids is 2. The van der Waals surface area contributed by atoms with Crippen LogP contribution in [0.5, 0.6) is 0 Å². The predicted molar refractivity (Wildman–Crippen MR) is 92.5 cm³/mol. The fraction of sp³-hybridized carbons (Fsp3) is 0.500. The van der Waals surface area contributed by atoms with Gasteiger partial charge in [-0.25, -0.2) is 13.6 Å². The quantitative estimate of drug-likeness (QED) is 0.662. The molecule has 1 unspecified atom stereocenters. The lowest BCUT2D eigenvalue weighted by molar-refractivity contribution is -0.128. The van der Waals surface area contributed by atoms with Crippen LogP contribution in [-0.4, -0.2) is 45.9 Å². The minimum Gasteiger partial charge on any atom is -0.362 e. The second-order valence-corrected chi connectivity index (χ2v) is 7.98. The van der Waals surface area contributed by atoms with Crippen LogP contribution < -0.4 is 20.7 Å². The Morgan fingerprint density at radius 3 is 2.92 bits per heavy atom. The van der Waals surface area contributed by atoms with Gasteiger partial charge in [0.15, 0.2) is 0 Å². The average Bonchev–Trinajstić information content (AvgIpc) is 2.83. The highest BCUT2D eigenvalue weighted by atomic mass is 32.2. The standard InChI is InChI=1S/C16H22N4O4S/c17-25(23,24)12-4-5-14-11(9-12)6-8-20(14)10-15(21)19-13-3-1-2-7-18-16(13)22/h4-5,9,13H,1-3,6-8,10H2,(H,18,22)(H,19,21)(H2,17,23,24). The van der Waals surface area contributed by atoms with Gasteiger partial charge in [-0.1, -0.05) is 0 Å². The highest BCUT2D eigenvalue weighted by molar-refractivity contribution is 7.89. The SMILES string of the molecule is NS(=O)(=O)c1ccc2c(c1)CCN2CC(=O)NC1CCCCNC1=O. The molecule has 0 bridgehead atoms. The van der Waals surface area contributed by atoms with E-state index in [4.69, 9.17) is 5.14 Å². The topological polar surface area (TPSA) is 122 Å². The zero-order valence-electron chi connectivity index (χ0n) is 13.8. The molecule has 0 spiro atoms. The van der Waals surface area contributed by atoms with E-state index < -0.39 is 16.1 Å². The molecular formula is C16H22N4O4S. The first-order valence-corrected chi connectivity index (χ1v) is 9.87. The molecule has 2 heterocycles. The highest BCUT2D eigenvalue weighted by Gasteiger charge is 2.26. The van der Waals surface area contributed by atoms with Crippen molar-refractivity contribution >= 4 is 27.5 Å². The van der Waals surface area contributed by atoms with Gasteiger partial charge in [-0.15, -0.1) is 0 Å². The number of nitrogens with two attached hydrogens (primary N) is 1. The Balaban J connectivity index is 1.65. The van der Waals surface area contributed by atoms with Crippen LogP contribution in [0.2, 0.25) is 0 Å². The van der Waals surface area contributed by atoms with Crippen LogP contribution in [0.1, 0.15) is 24.8 Å². The number of hydrogen-bond donors (Lipinski definition) is 3. The van der Waals surface area contributed by atoms with E-state index in [0.29, 0.717) is 25.9 Å². The smallest absolute Gasteiger partial charge is 0.242 e. The number of rotatable bonds is 4. The number of nitrogens with zero attached hydrogens (tertiary/aromatic N) is 1. The van der Waals surface area contributed by atoms with E-state index in [1.807, 2.05) is 4.90 Å². The first-order valence-electron chi connectivity index (χ1n) is 8.32. The predicted octanol–water partition coefficient (Wildman–Crippen LogP) is -0.519. The zero-order valence-corrected chi connectivity index (χ0v) is 14.6. The van der Waals surface area contributed by atoms with Crippen molar-refractivity contribution in [1.82, 2.24) is 10.6 Å². The third kappa shape index (κ3) is 4.10. The van der Waals surface area contributed by atoms with Crippen LogP contribution in [0.3, 0.4) is 0 Å². The molecule has 0 radical (unpaired) electrons. The lowest BCUT2D eigenvalue weighted by Gasteiger charge is -2.21. The molecule has 2 aliphatic heterocycles. The largest absolute Gasteiger partial charge is 0.362 e. The first-order chi connectivity index (χ1) is 11.8. The third-order valence-electron chi connectivity index (χ3n) is 4.58. The molecule has 1 saturated heterocycles. The number of benzene rings is 1. The third-order valence-corrected chi connectivity index (χ3v) is 5.49. The molecule has 2 aliphatic rings. The minimum absolute atomic E-state index is 0.0766. The van der Waals surface area contributed by atoms with Crippen molar-refractivity contribution in [3.05, 3.63) is 23.8 Å². The van der Waals surface area contributed by atoms with Gasteiger partial charge in [-0.3, -0.25) is 9.59 Å². The van der Waals surface area contributed by atoms with Crippen molar-refractivity contribution in [3.8, 4) is 0 Å². The van der Waals surface area contributed by atoms with E-state index in [1.165, 1.54) is 6.07 Å². The normalized spacial score (nSPS) is 20.6. The summed E-state index contributed by atoms with van der Waals surface area (Å²) >= 11 is 0. The van der Waals surface area contributed by atoms with Crippen LogP contribution in [0.4, 0.5) is 5.69 Å². The van der Waals surface area contributed by atoms with E-state index in [1.54, 1.807) is 12.1 Å². The van der Waals surface area contributed by atoms with E-state index >= 15 is 0 Å². The Bertz CT molecular complexity index is 793. The molecule has 3 rings (SSSR count). The monoisotopic (exact) mass is 366 g/mol. The van der Waals surface area contributed by atoms with Crippen LogP contribution >= 0.6 is 0 Å². The summed E-state index contributed by atoms with van der Waals surface area (Å²) < 4.78 is 22.9. The van der Waals surface area contributed by atoms with Gasteiger partial charge in [-0.2, -0.15) is 0 Å². The summed E-state index contributed by atoms with van der Waals surface area (Å²) in [7, 11) is -3.74. The number of sulfonamides is 1. The van der Waals surface area contributed by atoms with E-state index in [2.05, 4.69) is 10.6 Å². The average molecular weight is 366 g/mol. The van der Waals surface area contributed by atoms with Crippen molar-refractivity contribution in [2.45, 2.75) is 36.6 Å². The number of primary sulfonamides is 1. The molecular weight excluding hydrogens is 344 g/mol. The molecule has 0 aromatic heterocycles. The summed E-state index contributed by atoms with van der Waals surface area (Å²) in [5.41, 5.74) is 1.68. The molecule has 136 valence electrons. The maximum atomic E-state index is 12.3. The molecule has 8 nitrogen and oxygen atoms in total. The number of carbonyl (C=O) groups is 2. The van der Waals surface area contributed by atoms with Crippen molar-refractivity contribution in [3.63, 3.8) is 0 Å². The molecule has 4 N–H and O–H groups in total. The van der Waals surface area contributed by atoms with E-state index in [0.717, 1.165) is 24.1 Å². The second-order valence-electron chi connectivity index (χ2n) is 6.41. The molecule has 2 amide bonds. The minimum atomic E-state index is -3.74. The van der Waals surface area contributed by atoms with Gasteiger partial charge in [0.1, 0.15) is 6.04 Å². The molecule has 1 atom stereocenters. The fourth-order valence-corrected chi connectivity index (χ4v) is 3.84. The summed E-state index contributed by atoms with van der Waals surface area (Å²) in [5, 5.41) is 10.7. The lowest BCUT2D eigenvalue weighted by Crippen LogP contribution is -2.48. The Morgan fingerprint density at radius 1 is 1.36 bits per heavy atom. The van der Waals surface area contributed by atoms with Crippen LogP contribution in [0, 0.1) is 0 Å².